The summed E-state index contributed by atoms with van der Waals surface area (Å²) in [5, 5.41) is 34.7. The van der Waals surface area contributed by atoms with Crippen LogP contribution in [-0.2, 0) is 4.79 Å². The summed E-state index contributed by atoms with van der Waals surface area (Å²) in [5.74, 6) is -0.833. The molecule has 0 aromatic carbocycles. The summed E-state index contributed by atoms with van der Waals surface area (Å²) in [6.07, 6.45) is -2.08. The third-order valence-electron chi connectivity index (χ3n) is 0. The van der Waals surface area contributed by atoms with Gasteiger partial charge in [-0.2, -0.15) is 0 Å². The van der Waals surface area contributed by atoms with Gasteiger partial charge in [0.1, 0.15) is 0 Å². The molecule has 0 aliphatic rings. The molecular weight excluding hydrogens is 171 g/mol. The normalized spacial score (nSPS) is 5.00. The van der Waals surface area contributed by atoms with E-state index in [1.165, 1.54) is 0 Å². The molecule has 0 amide bonds. The molecule has 4 N–H and O–H groups in total. The molecule has 0 saturated heterocycles. The van der Waals surface area contributed by atoms with Crippen LogP contribution in [0.15, 0.2) is 0 Å². The first-order valence-corrected chi connectivity index (χ1v) is 1.76. The zero-order valence-corrected chi connectivity index (χ0v) is 8.01. The molecule has 0 spiro atoms. The first-order chi connectivity index (χ1) is 4.46. The molecule has 0 aromatic heterocycles. The second-order valence-electron chi connectivity index (χ2n) is 0.785. The molecule has 0 rings (SSSR count). The van der Waals surface area contributed by atoms with E-state index in [9.17, 15) is 0 Å². The standard InChI is InChI=1S/C2H4O2.CH2O3.Na.H2O2/c1-2(3)4;2-1(3)4;;1-2/h1H3,(H,3,4);(H2,2,3,4);;1-2H/q;;+1;/p-1. The van der Waals surface area contributed by atoms with Gasteiger partial charge in [0.15, 0.2) is 0 Å². The van der Waals surface area contributed by atoms with Gasteiger partial charge < -0.3 is 20.1 Å². The maximum atomic E-state index is 9.00. The Morgan fingerprint density at radius 1 is 1.18 bits per heavy atom. The molecular formula is C3H7NaO7. The molecule has 0 atom stereocenters. The Morgan fingerprint density at radius 3 is 1.18 bits per heavy atom. The van der Waals surface area contributed by atoms with Gasteiger partial charge in [-0.3, -0.25) is 15.3 Å². The molecule has 0 fully saturated rings. The van der Waals surface area contributed by atoms with Gasteiger partial charge in [0.2, 0.25) is 6.16 Å². The smallest absolute Gasteiger partial charge is 0.565 e. The molecule has 0 saturated carbocycles. The number of hydrogen-bond donors (Lipinski definition) is 4. The summed E-state index contributed by atoms with van der Waals surface area (Å²) < 4.78 is 0. The minimum Gasteiger partial charge on any atom is -0.565 e. The minimum absolute atomic E-state index is 0. The van der Waals surface area contributed by atoms with E-state index in [2.05, 4.69) is 0 Å². The van der Waals surface area contributed by atoms with Crippen molar-refractivity contribution < 1.29 is 65.0 Å². The van der Waals surface area contributed by atoms with Crippen molar-refractivity contribution in [1.29, 1.82) is 0 Å². The maximum absolute atomic E-state index is 9.00. The zero-order chi connectivity index (χ0) is 9.15. The van der Waals surface area contributed by atoms with E-state index in [4.69, 9.17) is 35.4 Å². The first-order valence-electron chi connectivity index (χ1n) is 1.76. The van der Waals surface area contributed by atoms with Gasteiger partial charge in [0.25, 0.3) is 5.97 Å². The van der Waals surface area contributed by atoms with Crippen LogP contribution in [0, 0.1) is 0 Å². The molecule has 0 heterocycles. The van der Waals surface area contributed by atoms with Crippen LogP contribution < -0.4 is 34.7 Å². The van der Waals surface area contributed by atoms with E-state index < -0.39 is 12.1 Å². The van der Waals surface area contributed by atoms with E-state index in [1.54, 1.807) is 0 Å². The average Bonchev–Trinajstić information content (AvgIpc) is 1.66. The first kappa shape index (κ1) is 22.4. The van der Waals surface area contributed by atoms with Crippen molar-refractivity contribution >= 4 is 12.1 Å². The van der Waals surface area contributed by atoms with Crippen LogP contribution in [0.4, 0.5) is 4.79 Å². The van der Waals surface area contributed by atoms with Gasteiger partial charge in [-0.1, -0.05) is 0 Å². The van der Waals surface area contributed by atoms with Crippen molar-refractivity contribution in [3.05, 3.63) is 0 Å². The van der Waals surface area contributed by atoms with Crippen molar-refractivity contribution in [2.45, 2.75) is 6.92 Å². The van der Waals surface area contributed by atoms with Gasteiger partial charge in [-0.05, 0) is 0 Å². The Morgan fingerprint density at radius 2 is 1.18 bits per heavy atom. The Hall–Kier alpha value is -0.340. The van der Waals surface area contributed by atoms with E-state index in [-0.39, 0.29) is 29.6 Å². The van der Waals surface area contributed by atoms with E-state index in [1.807, 2.05) is 0 Å². The van der Waals surface area contributed by atoms with Gasteiger partial charge in [0, 0.05) is 6.92 Å². The predicted octanol–water partition coefficient (Wildman–Crippen LogP) is -4.00. The number of carbonyl (C=O) groups is 2. The second-order valence-corrected chi connectivity index (χ2v) is 0.785. The molecule has 7 nitrogen and oxygen atoms in total. The molecule has 0 bridgehead atoms. The molecule has 0 aliphatic heterocycles. The molecule has 62 valence electrons. The van der Waals surface area contributed by atoms with Gasteiger partial charge in [-0.25, -0.2) is 0 Å². The monoisotopic (exact) mass is 178 g/mol. The second kappa shape index (κ2) is 22.6. The number of hydrogen-bond acceptors (Lipinski definition) is 5. The Labute approximate surface area is 84.1 Å². The number of aliphatic carboxylic acids is 1. The number of carboxylic acid groups (broad SMARTS) is 3. The quantitative estimate of drug-likeness (QED) is 0.168. The van der Waals surface area contributed by atoms with E-state index >= 15 is 0 Å². The molecule has 0 unspecified atom stereocenters. The van der Waals surface area contributed by atoms with Crippen molar-refractivity contribution in [3.8, 4) is 0 Å². The van der Waals surface area contributed by atoms with Crippen molar-refractivity contribution in [2.75, 3.05) is 0 Å². The summed E-state index contributed by atoms with van der Waals surface area (Å²) >= 11 is 0. The number of rotatable bonds is 0. The van der Waals surface area contributed by atoms with E-state index in [0.29, 0.717) is 0 Å². The Bertz CT molecular complexity index is 71.7. The van der Waals surface area contributed by atoms with Crippen molar-refractivity contribution in [3.63, 3.8) is 0 Å². The number of carboxylic acids is 1. The molecule has 8 heteroatoms. The summed E-state index contributed by atoms with van der Waals surface area (Å²) in [7, 11) is 0. The van der Waals surface area contributed by atoms with Crippen molar-refractivity contribution in [1.82, 2.24) is 0 Å². The Kier molecular flexibility index (Phi) is 46.1. The van der Waals surface area contributed by atoms with Gasteiger partial charge >= 0.3 is 29.6 Å². The van der Waals surface area contributed by atoms with E-state index in [0.717, 1.165) is 6.92 Å². The van der Waals surface area contributed by atoms with Crippen LogP contribution in [0.3, 0.4) is 0 Å². The maximum Gasteiger partial charge on any atom is 1.00 e. The fraction of sp³-hybridized carbons (Fsp3) is 0.333. The summed E-state index contributed by atoms with van der Waals surface area (Å²) in [6.45, 7) is 1.08. The fourth-order valence-corrected chi connectivity index (χ4v) is 0. The minimum atomic E-state index is -2.08. The van der Waals surface area contributed by atoms with Crippen LogP contribution >= 0.6 is 0 Å². The third-order valence-corrected chi connectivity index (χ3v) is 0. The topological polar surface area (TPSA) is 138 Å². The van der Waals surface area contributed by atoms with Crippen LogP contribution in [0.5, 0.6) is 0 Å². The average molecular weight is 178 g/mol. The Balaban J connectivity index is -0.0000000339. The summed E-state index contributed by atoms with van der Waals surface area (Å²) in [5.41, 5.74) is 0. The van der Waals surface area contributed by atoms with Gasteiger partial charge in [-0.15, -0.1) is 0 Å². The van der Waals surface area contributed by atoms with Crippen LogP contribution in [-0.4, -0.2) is 32.9 Å². The van der Waals surface area contributed by atoms with Crippen LogP contribution in [0.25, 0.3) is 0 Å². The summed E-state index contributed by atoms with van der Waals surface area (Å²) in [4.78, 5) is 17.4. The SMILES string of the molecule is CC(=O)O.O=C([O-])O.OO.[Na+]. The third kappa shape index (κ3) is 4900. The van der Waals surface area contributed by atoms with Crippen molar-refractivity contribution in [2.24, 2.45) is 0 Å². The molecule has 0 aliphatic carbocycles. The fourth-order valence-electron chi connectivity index (χ4n) is 0. The predicted molar refractivity (Wildman–Crippen MR) is 26.6 cm³/mol. The zero-order valence-electron chi connectivity index (χ0n) is 6.01. The molecule has 0 radical (unpaired) electrons. The van der Waals surface area contributed by atoms with Crippen LogP contribution in [0.1, 0.15) is 6.92 Å². The van der Waals surface area contributed by atoms with Crippen LogP contribution in [0.2, 0.25) is 0 Å². The van der Waals surface area contributed by atoms with Gasteiger partial charge in [0.05, 0.1) is 0 Å². The molecule has 0 aromatic rings. The summed E-state index contributed by atoms with van der Waals surface area (Å²) in [6, 6.07) is 0. The largest absolute Gasteiger partial charge is 1.00 e. The molecule has 11 heavy (non-hydrogen) atoms.